The summed E-state index contributed by atoms with van der Waals surface area (Å²) in [7, 11) is -1.36. The van der Waals surface area contributed by atoms with E-state index in [-0.39, 0.29) is 22.7 Å². The van der Waals surface area contributed by atoms with Gasteiger partial charge in [-0.2, -0.15) is 22.0 Å². The monoisotopic (exact) mass is 632 g/mol. The van der Waals surface area contributed by atoms with Crippen LogP contribution in [-0.2, 0) is 17.2 Å². The molecule has 9 heteroatoms. The quantitative estimate of drug-likeness (QED) is 0.159. The fourth-order valence-corrected chi connectivity index (χ4v) is 10.8. The average molecular weight is 633 g/mol. The van der Waals surface area contributed by atoms with Crippen LogP contribution in [0.25, 0.3) is 0 Å². The summed E-state index contributed by atoms with van der Waals surface area (Å²) in [6, 6.07) is 5.97. The molecule has 1 aromatic carbocycles. The zero-order chi connectivity index (χ0) is 31.0. The summed E-state index contributed by atoms with van der Waals surface area (Å²) in [5, 5.41) is 21.4. The van der Waals surface area contributed by atoms with Gasteiger partial charge in [-0.1, -0.05) is 51.5 Å². The smallest absolute Gasteiger partial charge is 0.453 e. The topological polar surface area (TPSA) is 57.5 Å². The third-order valence-corrected chi connectivity index (χ3v) is 13.5. The second-order valence-electron chi connectivity index (χ2n) is 14.4. The summed E-state index contributed by atoms with van der Waals surface area (Å²) in [6.45, 7) is 2.47. The van der Waals surface area contributed by atoms with Crippen molar-refractivity contribution < 1.29 is 36.4 Å². The van der Waals surface area contributed by atoms with Crippen LogP contribution in [0, 0.1) is 28.6 Å². The Kier molecular flexibility index (Phi) is 9.93. The Morgan fingerprint density at radius 1 is 0.930 bits per heavy atom. The minimum Gasteiger partial charge on any atom is -0.508 e. The minimum absolute atomic E-state index is 0.112. The number of halogens is 5. The number of hydrogen-bond donors (Lipinski definition) is 2. The summed E-state index contributed by atoms with van der Waals surface area (Å²) >= 11 is 0. The van der Waals surface area contributed by atoms with Crippen LogP contribution < -0.4 is 0 Å². The first-order valence-electron chi connectivity index (χ1n) is 16.6. The lowest BCUT2D eigenvalue weighted by atomic mass is 9.50. The summed E-state index contributed by atoms with van der Waals surface area (Å²) in [4.78, 5) is 0. The molecule has 0 heterocycles. The van der Waals surface area contributed by atoms with E-state index in [4.69, 9.17) is 0 Å². The molecule has 244 valence electrons. The highest BCUT2D eigenvalue weighted by Crippen LogP contribution is 2.76. The molecule has 0 aromatic heterocycles. The molecule has 5 unspecified atom stereocenters. The molecular weight excluding hydrogens is 583 g/mol. The molecule has 1 aromatic rings. The number of phenolic OH excluding ortho intramolecular Hbond substituents is 1. The van der Waals surface area contributed by atoms with Crippen LogP contribution in [0.15, 0.2) is 18.2 Å². The van der Waals surface area contributed by atoms with E-state index < -0.39 is 35.7 Å². The first-order chi connectivity index (χ1) is 20.3. The van der Waals surface area contributed by atoms with Crippen molar-refractivity contribution in [2.45, 2.75) is 134 Å². The van der Waals surface area contributed by atoms with Crippen molar-refractivity contribution >= 4 is 10.8 Å². The van der Waals surface area contributed by atoms with Crippen molar-refractivity contribution in [3.05, 3.63) is 29.3 Å². The molecule has 3 saturated carbocycles. The molecule has 0 aliphatic heterocycles. The van der Waals surface area contributed by atoms with Crippen molar-refractivity contribution in [2.75, 3.05) is 11.5 Å². The number of rotatable bonds is 14. The maximum absolute atomic E-state index is 13.0. The van der Waals surface area contributed by atoms with E-state index in [0.717, 1.165) is 57.8 Å². The Bertz CT molecular complexity index is 1140. The van der Waals surface area contributed by atoms with Gasteiger partial charge in [-0.15, -0.1) is 0 Å². The molecular formula is C34H49F5O3S. The van der Waals surface area contributed by atoms with E-state index in [1.54, 1.807) is 0 Å². The predicted molar refractivity (Wildman–Crippen MR) is 160 cm³/mol. The van der Waals surface area contributed by atoms with E-state index in [1.807, 2.05) is 12.1 Å². The van der Waals surface area contributed by atoms with Gasteiger partial charge in [-0.25, -0.2) is 0 Å². The fraction of sp³-hybridized carbons (Fsp3) is 0.824. The normalized spacial score (nSPS) is 31.8. The van der Waals surface area contributed by atoms with Gasteiger partial charge in [0.15, 0.2) is 0 Å². The lowest BCUT2D eigenvalue weighted by molar-refractivity contribution is -0.284. The molecule has 4 aliphatic carbocycles. The van der Waals surface area contributed by atoms with E-state index in [0.29, 0.717) is 41.6 Å². The first kappa shape index (κ1) is 33.2. The van der Waals surface area contributed by atoms with E-state index in [9.17, 15) is 36.4 Å². The molecule has 5 rings (SSSR count). The summed E-state index contributed by atoms with van der Waals surface area (Å²) in [5.41, 5.74) is 3.11. The molecule has 3 nitrogen and oxygen atoms in total. The van der Waals surface area contributed by atoms with Crippen LogP contribution >= 0.6 is 0 Å². The van der Waals surface area contributed by atoms with Gasteiger partial charge in [0.1, 0.15) is 5.75 Å². The summed E-state index contributed by atoms with van der Waals surface area (Å²) in [5.74, 6) is -1.90. The van der Waals surface area contributed by atoms with Gasteiger partial charge in [0.2, 0.25) is 0 Å². The SMILES string of the molecule is C[C@]12CCC3c4ccc(O)cc4CC(CCCCCCCCCS(=O)CCCC(F)(F)C(F)(F)F)C3C1C[C@@H](O)C21CC1. The van der Waals surface area contributed by atoms with Gasteiger partial charge in [0.05, 0.1) is 6.10 Å². The van der Waals surface area contributed by atoms with Gasteiger partial charge in [-0.3, -0.25) is 4.21 Å². The van der Waals surface area contributed by atoms with Gasteiger partial charge in [0, 0.05) is 34.1 Å². The van der Waals surface area contributed by atoms with Crippen LogP contribution in [-0.4, -0.2) is 44.1 Å². The van der Waals surface area contributed by atoms with Gasteiger partial charge < -0.3 is 10.2 Å². The van der Waals surface area contributed by atoms with Gasteiger partial charge in [-0.05, 0) is 110 Å². The molecule has 3 fully saturated rings. The highest BCUT2D eigenvalue weighted by Gasteiger charge is 2.71. The molecule has 4 aliphatic rings. The van der Waals surface area contributed by atoms with E-state index in [2.05, 4.69) is 13.0 Å². The standard InChI is InChI=1S/C34H49F5O3S/c1-31-15-13-27-26-12-11-25(40)21-24(26)20-23(30(27)28(31)22-29(41)32(31)16-17-32)10-7-5-3-2-4-6-8-18-43(42)19-9-14-33(35,36)34(37,38)39/h11-12,21,23,27-30,40-41H,2-10,13-20,22H2,1H3/t23?,27?,28?,29-,30?,31+,43?/m1/s1. The Morgan fingerprint density at radius 3 is 2.26 bits per heavy atom. The number of alkyl halides is 5. The summed E-state index contributed by atoms with van der Waals surface area (Å²) < 4.78 is 74.7. The molecule has 0 saturated heterocycles. The van der Waals surface area contributed by atoms with Crippen molar-refractivity contribution in [1.29, 1.82) is 0 Å². The van der Waals surface area contributed by atoms with E-state index >= 15 is 0 Å². The summed E-state index contributed by atoms with van der Waals surface area (Å²) in [6.07, 6.45) is 7.50. The largest absolute Gasteiger partial charge is 0.508 e. The molecule has 0 radical (unpaired) electrons. The minimum atomic E-state index is -5.54. The Hall–Kier alpha value is -1.22. The van der Waals surface area contributed by atoms with Gasteiger partial charge in [0.25, 0.3) is 0 Å². The van der Waals surface area contributed by atoms with Crippen LogP contribution in [0.4, 0.5) is 22.0 Å². The highest BCUT2D eigenvalue weighted by molar-refractivity contribution is 7.84. The number of unbranched alkanes of at least 4 members (excludes halogenated alkanes) is 6. The number of phenols is 1. The maximum Gasteiger partial charge on any atom is 0.453 e. The predicted octanol–water partition coefficient (Wildman–Crippen LogP) is 9.07. The molecule has 2 N–H and O–H groups in total. The Balaban J connectivity index is 1.04. The van der Waals surface area contributed by atoms with Gasteiger partial charge >= 0.3 is 12.1 Å². The van der Waals surface area contributed by atoms with Crippen molar-refractivity contribution in [3.8, 4) is 5.75 Å². The van der Waals surface area contributed by atoms with E-state index in [1.165, 1.54) is 36.8 Å². The third-order valence-electron chi connectivity index (χ3n) is 12.0. The average Bonchev–Trinajstić information content (AvgIpc) is 3.72. The molecule has 43 heavy (non-hydrogen) atoms. The second-order valence-corrected chi connectivity index (χ2v) is 16.1. The zero-order valence-electron chi connectivity index (χ0n) is 25.4. The zero-order valence-corrected chi connectivity index (χ0v) is 26.3. The van der Waals surface area contributed by atoms with Crippen molar-refractivity contribution in [2.24, 2.45) is 28.6 Å². The number of benzene rings is 1. The second kappa shape index (κ2) is 12.9. The van der Waals surface area contributed by atoms with Crippen molar-refractivity contribution in [3.63, 3.8) is 0 Å². The lowest BCUT2D eigenvalue weighted by Gasteiger charge is -2.54. The number of aromatic hydroxyl groups is 1. The molecule has 1 spiro atoms. The fourth-order valence-electron chi connectivity index (χ4n) is 9.58. The van der Waals surface area contributed by atoms with Crippen LogP contribution in [0.2, 0.25) is 0 Å². The van der Waals surface area contributed by atoms with Crippen LogP contribution in [0.3, 0.4) is 0 Å². The Morgan fingerprint density at radius 2 is 1.58 bits per heavy atom. The third kappa shape index (κ3) is 6.69. The van der Waals surface area contributed by atoms with Crippen molar-refractivity contribution in [1.82, 2.24) is 0 Å². The number of fused-ring (bicyclic) bond motifs is 6. The maximum atomic E-state index is 13.0. The highest BCUT2D eigenvalue weighted by atomic mass is 32.2. The lowest BCUT2D eigenvalue weighted by Crippen LogP contribution is -2.46. The van der Waals surface area contributed by atoms with Crippen LogP contribution in [0.1, 0.15) is 120 Å². The molecule has 0 bridgehead atoms. The Labute approximate surface area is 255 Å². The number of aliphatic hydroxyl groups excluding tert-OH is 1. The number of aliphatic hydroxyl groups is 1. The van der Waals surface area contributed by atoms with Crippen LogP contribution in [0.5, 0.6) is 5.75 Å². The molecule has 7 atom stereocenters. The first-order valence-corrected chi connectivity index (χ1v) is 18.1. The number of hydrogen-bond acceptors (Lipinski definition) is 3. The molecule has 0 amide bonds.